The number of hydrogen-bond donors (Lipinski definition) is 1. The molecule has 4 aliphatic rings. The molecule has 142 valence electrons. The number of ether oxygens (including phenoxy) is 1. The summed E-state index contributed by atoms with van der Waals surface area (Å²) in [5.41, 5.74) is 0.177. The van der Waals surface area contributed by atoms with Gasteiger partial charge in [-0.15, -0.1) is 0 Å². The fourth-order valence-corrected chi connectivity index (χ4v) is 8.27. The SMILES string of the molecule is CO[C@@H]1CCC2CC[C@@H]3C(CC[C@@]4(C(C)=O)C3CC[C@@H]4CO)[C@@]2(C)C1. The van der Waals surface area contributed by atoms with Crippen LogP contribution in [-0.2, 0) is 9.53 Å². The zero-order valence-electron chi connectivity index (χ0n) is 16.3. The Morgan fingerprint density at radius 1 is 1.08 bits per heavy atom. The van der Waals surface area contributed by atoms with Gasteiger partial charge in [-0.25, -0.2) is 0 Å². The number of methoxy groups -OCH3 is 1. The summed E-state index contributed by atoms with van der Waals surface area (Å²) in [4.78, 5) is 12.8. The Bertz CT molecular complexity index is 531. The number of carbonyl (C=O) groups excluding carboxylic acids is 1. The quantitative estimate of drug-likeness (QED) is 0.830. The highest BCUT2D eigenvalue weighted by molar-refractivity contribution is 5.83. The Morgan fingerprint density at radius 3 is 2.52 bits per heavy atom. The average molecular weight is 349 g/mol. The van der Waals surface area contributed by atoms with Crippen LogP contribution in [0.25, 0.3) is 0 Å². The highest BCUT2D eigenvalue weighted by Crippen LogP contribution is 2.67. The van der Waals surface area contributed by atoms with Gasteiger partial charge in [0.25, 0.3) is 0 Å². The molecule has 0 heterocycles. The molecule has 0 saturated heterocycles. The van der Waals surface area contributed by atoms with Crippen molar-refractivity contribution in [2.45, 2.75) is 77.7 Å². The zero-order valence-corrected chi connectivity index (χ0v) is 16.3. The molecule has 0 spiro atoms. The lowest BCUT2D eigenvalue weighted by molar-refractivity contribution is -0.158. The Hall–Kier alpha value is -0.410. The van der Waals surface area contributed by atoms with E-state index in [1.807, 2.05) is 7.11 Å². The standard InChI is InChI=1S/C22H36O3/c1-14(24)22-11-10-19-18(20(22)9-6-16(22)13-23)8-5-15-4-7-17(25-3)12-21(15,19)2/h15-20,23H,4-13H2,1-3H3/t15?,16-,17-,18-,19?,20?,21+,22+/m1/s1. The third-order valence-corrected chi connectivity index (χ3v) is 9.46. The molecule has 4 rings (SSSR count). The van der Waals surface area contributed by atoms with E-state index in [-0.39, 0.29) is 17.9 Å². The van der Waals surface area contributed by atoms with Gasteiger partial charge in [-0.2, -0.15) is 0 Å². The monoisotopic (exact) mass is 348 g/mol. The molecular weight excluding hydrogens is 312 g/mol. The molecule has 0 radical (unpaired) electrons. The van der Waals surface area contributed by atoms with Gasteiger partial charge < -0.3 is 9.84 Å². The van der Waals surface area contributed by atoms with Crippen molar-refractivity contribution in [2.24, 2.45) is 40.4 Å². The first kappa shape index (κ1) is 18.0. The van der Waals surface area contributed by atoms with Crippen molar-refractivity contribution < 1.29 is 14.6 Å². The smallest absolute Gasteiger partial charge is 0.136 e. The summed E-state index contributed by atoms with van der Waals surface area (Å²) in [7, 11) is 1.87. The number of hydrogen-bond acceptors (Lipinski definition) is 3. The van der Waals surface area contributed by atoms with Crippen molar-refractivity contribution in [3.63, 3.8) is 0 Å². The van der Waals surface area contributed by atoms with Gasteiger partial charge in [0.1, 0.15) is 5.78 Å². The summed E-state index contributed by atoms with van der Waals surface area (Å²) in [5.74, 6) is 3.37. The number of fused-ring (bicyclic) bond motifs is 5. The molecule has 0 aromatic heterocycles. The molecule has 1 N–H and O–H groups in total. The molecule has 0 aliphatic heterocycles. The van der Waals surface area contributed by atoms with Crippen LogP contribution < -0.4 is 0 Å². The maximum absolute atomic E-state index is 12.8. The zero-order chi connectivity index (χ0) is 17.8. The fourth-order valence-electron chi connectivity index (χ4n) is 8.27. The number of Topliss-reactive ketones (excluding diaryl/α,β-unsaturated/α-hetero) is 1. The number of rotatable bonds is 3. The second-order valence-electron chi connectivity index (χ2n) is 9.89. The van der Waals surface area contributed by atoms with Crippen LogP contribution in [0.1, 0.15) is 71.6 Å². The highest BCUT2D eigenvalue weighted by atomic mass is 16.5. The van der Waals surface area contributed by atoms with E-state index in [1.165, 1.54) is 38.5 Å². The van der Waals surface area contributed by atoms with E-state index in [0.717, 1.165) is 31.1 Å². The summed E-state index contributed by atoms with van der Waals surface area (Å²) < 4.78 is 5.78. The predicted molar refractivity (Wildman–Crippen MR) is 98.1 cm³/mol. The minimum absolute atomic E-state index is 0.194. The Kier molecular flexibility index (Phi) is 4.56. The average Bonchev–Trinajstić information content (AvgIpc) is 3.00. The van der Waals surface area contributed by atoms with Crippen LogP contribution >= 0.6 is 0 Å². The van der Waals surface area contributed by atoms with Crippen LogP contribution in [0.15, 0.2) is 0 Å². The third kappa shape index (κ3) is 2.41. The van der Waals surface area contributed by atoms with E-state index >= 15 is 0 Å². The number of carbonyl (C=O) groups is 1. The summed E-state index contributed by atoms with van der Waals surface area (Å²) >= 11 is 0. The molecule has 0 aromatic carbocycles. The summed E-state index contributed by atoms with van der Waals surface area (Å²) in [6.07, 6.45) is 11.2. The molecule has 3 nitrogen and oxygen atoms in total. The van der Waals surface area contributed by atoms with Crippen LogP contribution in [0.5, 0.6) is 0 Å². The van der Waals surface area contributed by atoms with E-state index in [4.69, 9.17) is 4.74 Å². The summed E-state index contributed by atoms with van der Waals surface area (Å²) in [5, 5.41) is 9.95. The first-order valence-corrected chi connectivity index (χ1v) is 10.6. The van der Waals surface area contributed by atoms with Gasteiger partial charge >= 0.3 is 0 Å². The molecule has 4 aliphatic carbocycles. The summed E-state index contributed by atoms with van der Waals surface area (Å²) in [6, 6.07) is 0. The molecule has 0 amide bonds. The van der Waals surface area contributed by atoms with E-state index < -0.39 is 0 Å². The Morgan fingerprint density at radius 2 is 1.84 bits per heavy atom. The molecule has 8 atom stereocenters. The van der Waals surface area contributed by atoms with Crippen molar-refractivity contribution in [1.29, 1.82) is 0 Å². The Balaban J connectivity index is 1.65. The van der Waals surface area contributed by atoms with Crippen LogP contribution in [0.3, 0.4) is 0 Å². The van der Waals surface area contributed by atoms with Crippen LogP contribution in [0.4, 0.5) is 0 Å². The topological polar surface area (TPSA) is 46.5 Å². The lowest BCUT2D eigenvalue weighted by Gasteiger charge is -2.61. The normalized spacial score (nSPS) is 52.2. The first-order chi connectivity index (χ1) is 12.0. The van der Waals surface area contributed by atoms with Gasteiger partial charge in [-0.1, -0.05) is 6.92 Å². The maximum Gasteiger partial charge on any atom is 0.136 e. The van der Waals surface area contributed by atoms with E-state index in [9.17, 15) is 9.90 Å². The van der Waals surface area contributed by atoms with Crippen molar-refractivity contribution in [2.75, 3.05) is 13.7 Å². The minimum atomic E-state index is -0.214. The van der Waals surface area contributed by atoms with E-state index in [0.29, 0.717) is 29.1 Å². The van der Waals surface area contributed by atoms with Crippen molar-refractivity contribution in [3.05, 3.63) is 0 Å². The predicted octanol–water partition coefficient (Wildman–Crippen LogP) is 4.22. The minimum Gasteiger partial charge on any atom is -0.396 e. The second-order valence-corrected chi connectivity index (χ2v) is 9.89. The van der Waals surface area contributed by atoms with Crippen LogP contribution in [0, 0.1) is 40.4 Å². The second kappa shape index (κ2) is 6.34. The van der Waals surface area contributed by atoms with Crippen molar-refractivity contribution >= 4 is 5.78 Å². The Labute approximate surface area is 152 Å². The fraction of sp³-hybridized carbons (Fsp3) is 0.955. The summed E-state index contributed by atoms with van der Waals surface area (Å²) in [6.45, 7) is 4.54. The third-order valence-electron chi connectivity index (χ3n) is 9.46. The van der Waals surface area contributed by atoms with Gasteiger partial charge in [-0.05, 0) is 99.7 Å². The number of aliphatic hydroxyl groups excluding tert-OH is 1. The van der Waals surface area contributed by atoms with Gasteiger partial charge in [0.15, 0.2) is 0 Å². The molecule has 0 aromatic rings. The molecular formula is C22H36O3. The van der Waals surface area contributed by atoms with Gasteiger partial charge in [0.05, 0.1) is 6.10 Å². The molecule has 0 bridgehead atoms. The van der Waals surface area contributed by atoms with Crippen LogP contribution in [-0.4, -0.2) is 30.7 Å². The van der Waals surface area contributed by atoms with Gasteiger partial charge in [-0.3, -0.25) is 4.79 Å². The van der Waals surface area contributed by atoms with Gasteiger partial charge in [0, 0.05) is 19.1 Å². The maximum atomic E-state index is 12.8. The molecule has 4 saturated carbocycles. The lowest BCUT2D eigenvalue weighted by Crippen LogP contribution is -2.56. The number of ketones is 1. The number of aliphatic hydroxyl groups is 1. The van der Waals surface area contributed by atoms with Crippen molar-refractivity contribution in [1.82, 2.24) is 0 Å². The largest absolute Gasteiger partial charge is 0.396 e. The molecule has 4 fully saturated rings. The molecule has 3 heteroatoms. The van der Waals surface area contributed by atoms with E-state index in [1.54, 1.807) is 6.92 Å². The van der Waals surface area contributed by atoms with Gasteiger partial charge in [0.2, 0.25) is 0 Å². The molecule has 3 unspecified atom stereocenters. The lowest BCUT2D eigenvalue weighted by atomic mass is 9.44. The first-order valence-electron chi connectivity index (χ1n) is 10.6. The molecule has 25 heavy (non-hydrogen) atoms. The van der Waals surface area contributed by atoms with Crippen molar-refractivity contribution in [3.8, 4) is 0 Å². The van der Waals surface area contributed by atoms with Crippen LogP contribution in [0.2, 0.25) is 0 Å². The highest BCUT2D eigenvalue weighted by Gasteiger charge is 2.63. The van der Waals surface area contributed by atoms with E-state index in [2.05, 4.69) is 6.92 Å².